The summed E-state index contributed by atoms with van der Waals surface area (Å²) in [6, 6.07) is 0. The lowest BCUT2D eigenvalue weighted by atomic mass is 10.4. The van der Waals surface area contributed by atoms with Crippen LogP contribution in [0.5, 0.6) is 0 Å². The Morgan fingerprint density at radius 3 is 2.70 bits per heavy atom. The normalized spacial score (nSPS) is 12.6. The van der Waals surface area contributed by atoms with Crippen LogP contribution in [0.3, 0.4) is 0 Å². The molecule has 60 valence electrons. The van der Waals surface area contributed by atoms with Crippen LogP contribution in [0, 0.1) is 0 Å². The predicted octanol–water partition coefficient (Wildman–Crippen LogP) is -1.73. The van der Waals surface area contributed by atoms with E-state index in [1.54, 1.807) is 0 Å². The number of hydrogen-bond acceptors (Lipinski definition) is 3. The van der Waals surface area contributed by atoms with E-state index in [-0.39, 0.29) is 19.1 Å². The van der Waals surface area contributed by atoms with Crippen LogP contribution < -0.4 is 11.5 Å². The molecule has 5 heteroatoms. The molecule has 5 nitrogen and oxygen atoms in total. The number of guanidine groups is 1. The minimum absolute atomic E-state index is 0.0184. The molecule has 5 N–H and O–H groups in total. The molecule has 0 aliphatic rings. The summed E-state index contributed by atoms with van der Waals surface area (Å²) in [5.41, 5.74) is 10.0. The van der Waals surface area contributed by atoms with Crippen LogP contribution in [0.15, 0.2) is 4.99 Å². The summed E-state index contributed by atoms with van der Waals surface area (Å²) in [6.45, 7) is 0.437. The summed E-state index contributed by atoms with van der Waals surface area (Å²) in [5.74, 6) is -0.0184. The number of aliphatic hydroxyl groups excluding tert-OH is 1. The molecular formula is C5H13N3O2. The smallest absolute Gasteiger partial charge is 0.185 e. The van der Waals surface area contributed by atoms with E-state index in [1.807, 2.05) is 0 Å². The standard InChI is InChI=1S/C5H13N3O2/c1-10-3-4(9)2-8-5(6)7/h4,9H,2-3H2,1H3,(H4,6,7,8)/t4-/m0/s1. The Morgan fingerprint density at radius 2 is 2.30 bits per heavy atom. The first-order valence-corrected chi connectivity index (χ1v) is 2.89. The minimum Gasteiger partial charge on any atom is -0.389 e. The van der Waals surface area contributed by atoms with E-state index in [2.05, 4.69) is 9.73 Å². The number of nitrogens with zero attached hydrogens (tertiary/aromatic N) is 1. The Morgan fingerprint density at radius 1 is 1.70 bits per heavy atom. The van der Waals surface area contributed by atoms with Gasteiger partial charge in [-0.05, 0) is 0 Å². The third kappa shape index (κ3) is 5.33. The molecule has 0 fully saturated rings. The van der Waals surface area contributed by atoms with E-state index in [4.69, 9.17) is 16.6 Å². The fourth-order valence-electron chi connectivity index (χ4n) is 0.456. The first-order chi connectivity index (χ1) is 4.66. The third-order valence-corrected chi connectivity index (χ3v) is 0.844. The van der Waals surface area contributed by atoms with E-state index in [0.717, 1.165) is 0 Å². The number of nitrogens with two attached hydrogens (primary N) is 2. The Hall–Kier alpha value is -0.810. The number of aliphatic imine (C=N–C) groups is 1. The van der Waals surface area contributed by atoms with Crippen molar-refractivity contribution in [2.75, 3.05) is 20.3 Å². The van der Waals surface area contributed by atoms with Crippen LogP contribution in [0.2, 0.25) is 0 Å². The number of hydrogen-bond donors (Lipinski definition) is 3. The molecule has 0 aliphatic carbocycles. The van der Waals surface area contributed by atoms with Gasteiger partial charge < -0.3 is 21.3 Å². The quantitative estimate of drug-likeness (QED) is 0.325. The lowest BCUT2D eigenvalue weighted by Gasteiger charge is -2.04. The largest absolute Gasteiger partial charge is 0.389 e. The number of rotatable bonds is 4. The molecule has 0 unspecified atom stereocenters. The fourth-order valence-corrected chi connectivity index (χ4v) is 0.456. The molecule has 0 bridgehead atoms. The molecule has 10 heavy (non-hydrogen) atoms. The lowest BCUT2D eigenvalue weighted by molar-refractivity contribution is 0.0705. The average Bonchev–Trinajstić information content (AvgIpc) is 1.85. The highest BCUT2D eigenvalue weighted by molar-refractivity contribution is 5.75. The van der Waals surface area contributed by atoms with Crippen molar-refractivity contribution in [3.8, 4) is 0 Å². The van der Waals surface area contributed by atoms with Crippen LogP contribution in [0.4, 0.5) is 0 Å². The molecule has 0 aliphatic heterocycles. The molecule has 1 atom stereocenters. The van der Waals surface area contributed by atoms with Gasteiger partial charge in [-0.15, -0.1) is 0 Å². The van der Waals surface area contributed by atoms with Crippen LogP contribution in [-0.4, -0.2) is 37.4 Å². The Labute approximate surface area is 59.7 Å². The Bertz CT molecular complexity index is 111. The van der Waals surface area contributed by atoms with Crippen LogP contribution in [0.1, 0.15) is 0 Å². The van der Waals surface area contributed by atoms with Crippen molar-refractivity contribution in [3.05, 3.63) is 0 Å². The maximum absolute atomic E-state index is 8.95. The molecule has 0 amide bonds. The molecule has 0 saturated carbocycles. The highest BCUT2D eigenvalue weighted by Crippen LogP contribution is 1.83. The van der Waals surface area contributed by atoms with Gasteiger partial charge in [0.25, 0.3) is 0 Å². The topological polar surface area (TPSA) is 93.9 Å². The second-order valence-corrected chi connectivity index (χ2v) is 1.87. The van der Waals surface area contributed by atoms with Crippen molar-refractivity contribution < 1.29 is 9.84 Å². The zero-order chi connectivity index (χ0) is 7.98. The number of methoxy groups -OCH3 is 1. The Balaban J connectivity index is 3.38. The van der Waals surface area contributed by atoms with Crippen molar-refractivity contribution in [2.45, 2.75) is 6.10 Å². The van der Waals surface area contributed by atoms with Crippen molar-refractivity contribution in [3.63, 3.8) is 0 Å². The minimum atomic E-state index is -0.618. The molecule has 0 rings (SSSR count). The summed E-state index contributed by atoms with van der Waals surface area (Å²) < 4.78 is 4.64. The Kier molecular flexibility index (Phi) is 4.61. The van der Waals surface area contributed by atoms with Gasteiger partial charge in [0.15, 0.2) is 5.96 Å². The molecule has 0 radical (unpaired) electrons. The number of aliphatic hydroxyl groups is 1. The average molecular weight is 147 g/mol. The van der Waals surface area contributed by atoms with Crippen molar-refractivity contribution in [1.29, 1.82) is 0 Å². The fraction of sp³-hybridized carbons (Fsp3) is 0.800. The van der Waals surface area contributed by atoms with Gasteiger partial charge in [0, 0.05) is 7.11 Å². The van der Waals surface area contributed by atoms with Gasteiger partial charge in [0.05, 0.1) is 19.3 Å². The van der Waals surface area contributed by atoms with Crippen molar-refractivity contribution in [1.82, 2.24) is 0 Å². The van der Waals surface area contributed by atoms with Gasteiger partial charge in [-0.2, -0.15) is 0 Å². The zero-order valence-corrected chi connectivity index (χ0v) is 5.95. The second kappa shape index (κ2) is 5.01. The lowest BCUT2D eigenvalue weighted by Crippen LogP contribution is -2.26. The van der Waals surface area contributed by atoms with Gasteiger partial charge in [-0.1, -0.05) is 0 Å². The van der Waals surface area contributed by atoms with Gasteiger partial charge in [0.1, 0.15) is 0 Å². The van der Waals surface area contributed by atoms with E-state index < -0.39 is 6.10 Å². The van der Waals surface area contributed by atoms with Gasteiger partial charge in [-0.25, -0.2) is 0 Å². The number of ether oxygens (including phenoxy) is 1. The van der Waals surface area contributed by atoms with E-state index in [1.165, 1.54) is 7.11 Å². The highest BCUT2D eigenvalue weighted by Gasteiger charge is 1.99. The molecule has 0 aromatic heterocycles. The molecule has 0 saturated heterocycles. The molecule has 0 aromatic rings. The summed E-state index contributed by atoms with van der Waals surface area (Å²) in [6.07, 6.45) is -0.618. The zero-order valence-electron chi connectivity index (χ0n) is 5.95. The summed E-state index contributed by atoms with van der Waals surface area (Å²) in [7, 11) is 1.50. The van der Waals surface area contributed by atoms with Crippen LogP contribution in [0.25, 0.3) is 0 Å². The van der Waals surface area contributed by atoms with E-state index in [0.29, 0.717) is 0 Å². The summed E-state index contributed by atoms with van der Waals surface area (Å²) in [4.78, 5) is 3.59. The maximum Gasteiger partial charge on any atom is 0.185 e. The van der Waals surface area contributed by atoms with E-state index >= 15 is 0 Å². The highest BCUT2D eigenvalue weighted by atomic mass is 16.5. The monoisotopic (exact) mass is 147 g/mol. The summed E-state index contributed by atoms with van der Waals surface area (Å²) >= 11 is 0. The maximum atomic E-state index is 8.95. The molecule has 0 spiro atoms. The first kappa shape index (κ1) is 9.19. The van der Waals surface area contributed by atoms with Crippen LogP contribution >= 0.6 is 0 Å². The first-order valence-electron chi connectivity index (χ1n) is 2.89. The van der Waals surface area contributed by atoms with Gasteiger partial charge in [-0.3, -0.25) is 4.99 Å². The molecule has 0 heterocycles. The third-order valence-electron chi connectivity index (χ3n) is 0.844. The van der Waals surface area contributed by atoms with Crippen molar-refractivity contribution in [2.24, 2.45) is 16.5 Å². The van der Waals surface area contributed by atoms with Gasteiger partial charge >= 0.3 is 0 Å². The SMILES string of the molecule is COC[C@@H](O)CN=C(N)N. The van der Waals surface area contributed by atoms with Crippen LogP contribution in [-0.2, 0) is 4.74 Å². The van der Waals surface area contributed by atoms with E-state index in [9.17, 15) is 0 Å². The molecule has 0 aromatic carbocycles. The predicted molar refractivity (Wildman–Crippen MR) is 38.6 cm³/mol. The second-order valence-electron chi connectivity index (χ2n) is 1.87. The van der Waals surface area contributed by atoms with Crippen molar-refractivity contribution >= 4 is 5.96 Å². The summed E-state index contributed by atoms with van der Waals surface area (Å²) in [5, 5.41) is 8.95. The molecular weight excluding hydrogens is 134 g/mol. The van der Waals surface area contributed by atoms with Gasteiger partial charge in [0.2, 0.25) is 0 Å².